The molecule has 2 aliphatic heterocycles. The monoisotopic (exact) mass is 239 g/mol. The first kappa shape index (κ1) is 11.6. The minimum absolute atomic E-state index is 1.07. The van der Waals surface area contributed by atoms with Crippen molar-refractivity contribution in [1.29, 1.82) is 0 Å². The number of nitrogens with zero attached hydrogens (tertiary/aromatic N) is 1. The van der Waals surface area contributed by atoms with Gasteiger partial charge in [0.25, 0.3) is 0 Å². The summed E-state index contributed by atoms with van der Waals surface area (Å²) in [7, 11) is 0. The predicted octanol–water partition coefficient (Wildman–Crippen LogP) is 4.13. The lowest BCUT2D eigenvalue weighted by Gasteiger charge is -2.38. The van der Waals surface area contributed by atoms with E-state index in [1.54, 1.807) is 5.57 Å². The molecule has 0 aromatic carbocycles. The Labute approximate surface area is 110 Å². The minimum atomic E-state index is 1.07. The third-order valence-electron chi connectivity index (χ3n) is 3.92. The molecule has 0 aromatic heterocycles. The van der Waals surface area contributed by atoms with Crippen molar-refractivity contribution in [3.8, 4) is 0 Å². The van der Waals surface area contributed by atoms with Gasteiger partial charge in [-0.05, 0) is 42.1 Å². The van der Waals surface area contributed by atoms with Gasteiger partial charge in [0.1, 0.15) is 0 Å². The molecule has 3 rings (SSSR count). The van der Waals surface area contributed by atoms with Crippen LogP contribution in [0, 0.1) is 0 Å². The molecule has 0 bridgehead atoms. The van der Waals surface area contributed by atoms with E-state index in [2.05, 4.69) is 48.3 Å². The highest BCUT2D eigenvalue weighted by atomic mass is 15.1. The average Bonchev–Trinajstić information content (AvgIpc) is 2.45. The summed E-state index contributed by atoms with van der Waals surface area (Å²) < 4.78 is 0. The zero-order chi connectivity index (χ0) is 12.4. The van der Waals surface area contributed by atoms with Gasteiger partial charge in [0.2, 0.25) is 0 Å². The molecule has 0 saturated carbocycles. The SMILES string of the molecule is CCC/C=C1\CN2CC=CC=C2C2=C1C=CCC2. The second kappa shape index (κ2) is 5.01. The maximum atomic E-state index is 2.51. The highest BCUT2D eigenvalue weighted by Gasteiger charge is 2.26. The Kier molecular flexibility index (Phi) is 3.22. The van der Waals surface area contributed by atoms with Crippen LogP contribution in [-0.2, 0) is 0 Å². The lowest BCUT2D eigenvalue weighted by Crippen LogP contribution is -2.33. The Balaban J connectivity index is 2.03. The minimum Gasteiger partial charge on any atom is -0.363 e. The standard InChI is InChI=1S/C17H21N/c1-2-3-8-14-13-18-12-7-6-11-17(18)16-10-5-4-9-15(14)16/h4,6-9,11H,2-3,5,10,12-13H2,1H3/b14-8+. The highest BCUT2D eigenvalue weighted by Crippen LogP contribution is 2.37. The van der Waals surface area contributed by atoms with Gasteiger partial charge in [0.05, 0.1) is 0 Å². The molecular weight excluding hydrogens is 218 g/mol. The molecule has 18 heavy (non-hydrogen) atoms. The molecule has 0 spiro atoms. The molecule has 0 radical (unpaired) electrons. The Morgan fingerprint density at radius 3 is 3.17 bits per heavy atom. The van der Waals surface area contributed by atoms with Gasteiger partial charge in [0, 0.05) is 18.8 Å². The van der Waals surface area contributed by atoms with Crippen molar-refractivity contribution >= 4 is 0 Å². The van der Waals surface area contributed by atoms with E-state index in [1.807, 2.05) is 0 Å². The molecule has 3 aliphatic rings. The first-order valence-corrected chi connectivity index (χ1v) is 7.11. The van der Waals surface area contributed by atoms with Gasteiger partial charge in [-0.1, -0.05) is 43.7 Å². The normalized spacial score (nSPS) is 24.2. The van der Waals surface area contributed by atoms with Crippen molar-refractivity contribution in [2.45, 2.75) is 32.6 Å². The van der Waals surface area contributed by atoms with Gasteiger partial charge < -0.3 is 4.90 Å². The van der Waals surface area contributed by atoms with E-state index >= 15 is 0 Å². The molecule has 2 heterocycles. The van der Waals surface area contributed by atoms with Gasteiger partial charge in [-0.25, -0.2) is 0 Å². The average molecular weight is 239 g/mol. The van der Waals surface area contributed by atoms with Crippen LogP contribution in [0.5, 0.6) is 0 Å². The predicted molar refractivity (Wildman–Crippen MR) is 77.2 cm³/mol. The molecule has 0 unspecified atom stereocenters. The quantitative estimate of drug-likeness (QED) is 0.700. The van der Waals surface area contributed by atoms with Crippen LogP contribution in [0.2, 0.25) is 0 Å². The maximum absolute atomic E-state index is 2.51. The van der Waals surface area contributed by atoms with E-state index in [9.17, 15) is 0 Å². The largest absolute Gasteiger partial charge is 0.363 e. The van der Waals surface area contributed by atoms with Crippen LogP contribution < -0.4 is 0 Å². The fourth-order valence-corrected chi connectivity index (χ4v) is 3.01. The first-order chi connectivity index (χ1) is 8.90. The number of unbranched alkanes of at least 4 members (excludes halogenated alkanes) is 1. The van der Waals surface area contributed by atoms with Crippen LogP contribution in [0.25, 0.3) is 0 Å². The lowest BCUT2D eigenvalue weighted by molar-refractivity contribution is 0.401. The summed E-state index contributed by atoms with van der Waals surface area (Å²) in [5.41, 5.74) is 6.07. The second-order valence-electron chi connectivity index (χ2n) is 5.21. The van der Waals surface area contributed by atoms with E-state index in [-0.39, 0.29) is 0 Å². The van der Waals surface area contributed by atoms with E-state index in [0.29, 0.717) is 0 Å². The fourth-order valence-electron chi connectivity index (χ4n) is 3.01. The van der Waals surface area contributed by atoms with Gasteiger partial charge in [-0.15, -0.1) is 0 Å². The third kappa shape index (κ3) is 1.98. The lowest BCUT2D eigenvalue weighted by atomic mass is 9.85. The summed E-state index contributed by atoms with van der Waals surface area (Å²) in [6, 6.07) is 0. The van der Waals surface area contributed by atoms with Crippen LogP contribution >= 0.6 is 0 Å². The molecule has 1 heteroatoms. The molecule has 0 fully saturated rings. The number of rotatable bonds is 2. The molecule has 1 nitrogen and oxygen atoms in total. The molecule has 0 amide bonds. The molecule has 94 valence electrons. The first-order valence-electron chi connectivity index (χ1n) is 7.11. The van der Waals surface area contributed by atoms with E-state index in [4.69, 9.17) is 0 Å². The molecular formula is C17H21N. The number of hydrogen-bond acceptors (Lipinski definition) is 1. The summed E-state index contributed by atoms with van der Waals surface area (Å²) in [6.07, 6.45) is 18.7. The Hall–Kier alpha value is -1.50. The van der Waals surface area contributed by atoms with Gasteiger partial charge in [-0.2, -0.15) is 0 Å². The summed E-state index contributed by atoms with van der Waals surface area (Å²) in [4.78, 5) is 2.51. The van der Waals surface area contributed by atoms with Crippen LogP contribution in [-0.4, -0.2) is 18.0 Å². The number of hydrogen-bond donors (Lipinski definition) is 0. The van der Waals surface area contributed by atoms with E-state index in [1.165, 1.54) is 42.5 Å². The number of allylic oxidation sites excluding steroid dienone is 6. The molecule has 0 atom stereocenters. The molecule has 1 aliphatic carbocycles. The van der Waals surface area contributed by atoms with Crippen LogP contribution in [0.3, 0.4) is 0 Å². The van der Waals surface area contributed by atoms with Crippen LogP contribution in [0.15, 0.2) is 58.9 Å². The van der Waals surface area contributed by atoms with Gasteiger partial charge >= 0.3 is 0 Å². The zero-order valence-corrected chi connectivity index (χ0v) is 11.2. The Morgan fingerprint density at radius 1 is 1.33 bits per heavy atom. The number of fused-ring (bicyclic) bond motifs is 2. The van der Waals surface area contributed by atoms with Crippen molar-refractivity contribution in [2.24, 2.45) is 0 Å². The second-order valence-corrected chi connectivity index (χ2v) is 5.21. The van der Waals surface area contributed by atoms with E-state index < -0.39 is 0 Å². The Bertz CT molecular complexity index is 486. The van der Waals surface area contributed by atoms with Crippen molar-refractivity contribution in [3.05, 3.63) is 58.9 Å². The molecule has 0 saturated heterocycles. The van der Waals surface area contributed by atoms with E-state index in [0.717, 1.165) is 13.1 Å². The van der Waals surface area contributed by atoms with Gasteiger partial charge in [-0.3, -0.25) is 0 Å². The van der Waals surface area contributed by atoms with Crippen molar-refractivity contribution < 1.29 is 0 Å². The van der Waals surface area contributed by atoms with Crippen molar-refractivity contribution in [2.75, 3.05) is 13.1 Å². The summed E-state index contributed by atoms with van der Waals surface area (Å²) >= 11 is 0. The smallest absolute Gasteiger partial charge is 0.0435 e. The highest BCUT2D eigenvalue weighted by molar-refractivity contribution is 5.57. The Morgan fingerprint density at radius 2 is 2.28 bits per heavy atom. The molecule has 0 aromatic rings. The zero-order valence-electron chi connectivity index (χ0n) is 11.2. The van der Waals surface area contributed by atoms with Gasteiger partial charge in [0.15, 0.2) is 0 Å². The van der Waals surface area contributed by atoms with Crippen molar-refractivity contribution in [3.63, 3.8) is 0 Å². The van der Waals surface area contributed by atoms with Crippen LogP contribution in [0.4, 0.5) is 0 Å². The molecule has 0 N–H and O–H groups in total. The summed E-state index contributed by atoms with van der Waals surface area (Å²) in [5.74, 6) is 0. The fraction of sp³-hybridized carbons (Fsp3) is 0.412. The third-order valence-corrected chi connectivity index (χ3v) is 3.92. The topological polar surface area (TPSA) is 3.24 Å². The maximum Gasteiger partial charge on any atom is 0.0435 e. The summed E-state index contributed by atoms with van der Waals surface area (Å²) in [5, 5.41) is 0. The summed E-state index contributed by atoms with van der Waals surface area (Å²) in [6.45, 7) is 4.40. The van der Waals surface area contributed by atoms with Crippen molar-refractivity contribution in [1.82, 2.24) is 4.90 Å². The van der Waals surface area contributed by atoms with Crippen LogP contribution in [0.1, 0.15) is 32.6 Å².